The highest BCUT2D eigenvalue weighted by molar-refractivity contribution is 5.79. The van der Waals surface area contributed by atoms with E-state index < -0.39 is 0 Å². The van der Waals surface area contributed by atoms with Crippen molar-refractivity contribution in [2.24, 2.45) is 5.92 Å². The van der Waals surface area contributed by atoms with E-state index >= 15 is 0 Å². The number of nitrogens with zero attached hydrogens (tertiary/aromatic N) is 3. The molecule has 2 unspecified atom stereocenters. The summed E-state index contributed by atoms with van der Waals surface area (Å²) in [6, 6.07) is 0. The van der Waals surface area contributed by atoms with Crippen molar-refractivity contribution in [1.82, 2.24) is 14.7 Å². The quantitative estimate of drug-likeness (QED) is 0.857. The largest absolute Gasteiger partial charge is 0.377 e. The Kier molecular flexibility index (Phi) is 5.36. The van der Waals surface area contributed by atoms with E-state index in [1.54, 1.807) is 0 Å². The van der Waals surface area contributed by atoms with Gasteiger partial charge in [0.1, 0.15) is 0 Å². The van der Waals surface area contributed by atoms with Crippen LogP contribution in [-0.4, -0.2) is 46.4 Å². The van der Waals surface area contributed by atoms with Gasteiger partial charge in [-0.2, -0.15) is 5.10 Å². The Balaban J connectivity index is 1.56. The maximum Gasteiger partial charge on any atom is 0.228 e. The van der Waals surface area contributed by atoms with Crippen LogP contribution in [0.4, 0.5) is 0 Å². The average molecular weight is 319 g/mol. The standard InChI is InChI=1S/C18H29N3O2/c1-3-17-16(6-5-11-23-17)18(22)20-9-7-14(8-10-20)15-12-19-21(4-2)13-15/h12-14,16-17H,3-11H2,1-2H3. The molecule has 1 aromatic rings. The van der Waals surface area contributed by atoms with Crippen molar-refractivity contribution in [3.05, 3.63) is 18.0 Å². The zero-order chi connectivity index (χ0) is 16.2. The maximum absolute atomic E-state index is 12.8. The summed E-state index contributed by atoms with van der Waals surface area (Å²) in [4.78, 5) is 14.9. The Hall–Kier alpha value is -1.36. The normalized spacial score (nSPS) is 26.4. The zero-order valence-electron chi connectivity index (χ0n) is 14.4. The molecule has 0 radical (unpaired) electrons. The molecule has 0 N–H and O–H groups in total. The fourth-order valence-corrected chi connectivity index (χ4v) is 3.96. The van der Waals surface area contributed by atoms with E-state index in [4.69, 9.17) is 4.74 Å². The number of amides is 1. The van der Waals surface area contributed by atoms with Gasteiger partial charge in [-0.25, -0.2) is 0 Å². The topological polar surface area (TPSA) is 47.4 Å². The van der Waals surface area contributed by atoms with Gasteiger partial charge >= 0.3 is 0 Å². The third kappa shape index (κ3) is 3.60. The fourth-order valence-electron chi connectivity index (χ4n) is 3.96. The van der Waals surface area contributed by atoms with Gasteiger partial charge in [-0.1, -0.05) is 6.92 Å². The lowest BCUT2D eigenvalue weighted by Gasteiger charge is -2.37. The number of hydrogen-bond donors (Lipinski definition) is 0. The highest BCUT2D eigenvalue weighted by Gasteiger charge is 2.35. The van der Waals surface area contributed by atoms with E-state index in [0.717, 1.165) is 58.3 Å². The molecule has 2 fully saturated rings. The predicted octanol–water partition coefficient (Wildman–Crippen LogP) is 2.81. The van der Waals surface area contributed by atoms with E-state index in [0.29, 0.717) is 11.8 Å². The average Bonchev–Trinajstić information content (AvgIpc) is 3.10. The maximum atomic E-state index is 12.8. The number of ether oxygens (including phenoxy) is 1. The summed E-state index contributed by atoms with van der Waals surface area (Å²) in [6.07, 6.45) is 9.30. The minimum absolute atomic E-state index is 0.0770. The number of aryl methyl sites for hydroxylation is 1. The van der Waals surface area contributed by atoms with Gasteiger partial charge in [0.25, 0.3) is 0 Å². The van der Waals surface area contributed by atoms with Crippen molar-refractivity contribution in [1.29, 1.82) is 0 Å². The fraction of sp³-hybridized carbons (Fsp3) is 0.778. The molecule has 128 valence electrons. The SMILES string of the molecule is CCC1OCCCC1C(=O)N1CCC(c2cnn(CC)c2)CC1. The van der Waals surface area contributed by atoms with E-state index in [1.165, 1.54) is 5.56 Å². The lowest BCUT2D eigenvalue weighted by atomic mass is 9.88. The molecule has 1 amide bonds. The van der Waals surface area contributed by atoms with Gasteiger partial charge in [-0.05, 0) is 50.5 Å². The Morgan fingerprint density at radius 3 is 2.74 bits per heavy atom. The lowest BCUT2D eigenvalue weighted by molar-refractivity contribution is -0.146. The summed E-state index contributed by atoms with van der Waals surface area (Å²) in [6.45, 7) is 7.69. The third-order valence-corrected chi connectivity index (χ3v) is 5.41. The zero-order valence-corrected chi connectivity index (χ0v) is 14.4. The molecular formula is C18H29N3O2. The minimum atomic E-state index is 0.0770. The molecule has 5 heteroatoms. The molecular weight excluding hydrogens is 290 g/mol. The molecule has 0 spiro atoms. The number of likely N-dealkylation sites (tertiary alicyclic amines) is 1. The number of hydrogen-bond acceptors (Lipinski definition) is 3. The van der Waals surface area contributed by atoms with E-state index in [2.05, 4.69) is 30.0 Å². The summed E-state index contributed by atoms with van der Waals surface area (Å²) in [5.41, 5.74) is 1.33. The second kappa shape index (κ2) is 7.47. The molecule has 0 aliphatic carbocycles. The van der Waals surface area contributed by atoms with Crippen molar-refractivity contribution >= 4 is 5.91 Å². The molecule has 23 heavy (non-hydrogen) atoms. The molecule has 2 saturated heterocycles. The van der Waals surface area contributed by atoms with Crippen LogP contribution >= 0.6 is 0 Å². The minimum Gasteiger partial charge on any atom is -0.377 e. The summed E-state index contributed by atoms with van der Waals surface area (Å²) >= 11 is 0. The number of rotatable bonds is 4. The van der Waals surface area contributed by atoms with E-state index in [9.17, 15) is 4.79 Å². The Morgan fingerprint density at radius 1 is 1.30 bits per heavy atom. The first-order chi connectivity index (χ1) is 11.2. The summed E-state index contributed by atoms with van der Waals surface area (Å²) in [5, 5.41) is 4.38. The highest BCUT2D eigenvalue weighted by atomic mass is 16.5. The van der Waals surface area contributed by atoms with Crippen LogP contribution in [0.1, 0.15) is 57.4 Å². The summed E-state index contributed by atoms with van der Waals surface area (Å²) in [5.74, 6) is 0.941. The van der Waals surface area contributed by atoms with Crippen LogP contribution in [0.3, 0.4) is 0 Å². The number of piperidine rings is 1. The number of aromatic nitrogens is 2. The Labute approximate surface area is 139 Å². The molecule has 3 rings (SSSR count). The summed E-state index contributed by atoms with van der Waals surface area (Å²) < 4.78 is 7.78. The van der Waals surface area contributed by atoms with Gasteiger partial charge in [0.15, 0.2) is 0 Å². The lowest BCUT2D eigenvalue weighted by Crippen LogP contribution is -2.46. The first kappa shape index (κ1) is 16.5. The smallest absolute Gasteiger partial charge is 0.228 e. The molecule has 0 bridgehead atoms. The van der Waals surface area contributed by atoms with Crippen LogP contribution in [-0.2, 0) is 16.1 Å². The molecule has 2 aliphatic rings. The van der Waals surface area contributed by atoms with Crippen LogP contribution in [0.2, 0.25) is 0 Å². The first-order valence-corrected chi connectivity index (χ1v) is 9.15. The van der Waals surface area contributed by atoms with E-state index in [-0.39, 0.29) is 12.0 Å². The van der Waals surface area contributed by atoms with Gasteiger partial charge in [0.2, 0.25) is 5.91 Å². The predicted molar refractivity (Wildman–Crippen MR) is 89.2 cm³/mol. The van der Waals surface area contributed by atoms with Crippen molar-refractivity contribution < 1.29 is 9.53 Å². The van der Waals surface area contributed by atoms with Crippen LogP contribution in [0.25, 0.3) is 0 Å². The van der Waals surface area contributed by atoms with Gasteiger partial charge < -0.3 is 9.64 Å². The molecule has 0 saturated carbocycles. The molecule has 0 aromatic carbocycles. The van der Waals surface area contributed by atoms with Gasteiger partial charge in [-0.15, -0.1) is 0 Å². The van der Waals surface area contributed by atoms with Crippen molar-refractivity contribution in [3.63, 3.8) is 0 Å². The molecule has 2 atom stereocenters. The monoisotopic (exact) mass is 319 g/mol. The van der Waals surface area contributed by atoms with Crippen LogP contribution in [0, 0.1) is 5.92 Å². The van der Waals surface area contributed by atoms with Gasteiger partial charge in [0.05, 0.1) is 18.2 Å². The molecule has 3 heterocycles. The Morgan fingerprint density at radius 2 is 2.09 bits per heavy atom. The van der Waals surface area contributed by atoms with Crippen molar-refractivity contribution in [3.8, 4) is 0 Å². The van der Waals surface area contributed by atoms with Crippen LogP contribution < -0.4 is 0 Å². The molecule has 5 nitrogen and oxygen atoms in total. The van der Waals surface area contributed by atoms with Crippen molar-refractivity contribution in [2.45, 2.75) is 64.5 Å². The Bertz CT molecular complexity index is 520. The number of carbonyl (C=O) groups excluding carboxylic acids is 1. The van der Waals surface area contributed by atoms with Gasteiger partial charge in [-0.3, -0.25) is 9.48 Å². The molecule has 2 aliphatic heterocycles. The third-order valence-electron chi connectivity index (χ3n) is 5.41. The highest BCUT2D eigenvalue weighted by Crippen LogP contribution is 2.31. The van der Waals surface area contributed by atoms with Crippen LogP contribution in [0.5, 0.6) is 0 Å². The van der Waals surface area contributed by atoms with Crippen LogP contribution in [0.15, 0.2) is 12.4 Å². The van der Waals surface area contributed by atoms with Crippen molar-refractivity contribution in [2.75, 3.05) is 19.7 Å². The first-order valence-electron chi connectivity index (χ1n) is 9.15. The second-order valence-electron chi connectivity index (χ2n) is 6.80. The summed E-state index contributed by atoms with van der Waals surface area (Å²) in [7, 11) is 0. The second-order valence-corrected chi connectivity index (χ2v) is 6.80. The number of carbonyl (C=O) groups is 1. The van der Waals surface area contributed by atoms with Gasteiger partial charge in [0, 0.05) is 32.4 Å². The molecule has 1 aromatic heterocycles. The van der Waals surface area contributed by atoms with E-state index in [1.807, 2.05) is 10.9 Å².